The molecular formula is C14H20BrClN2. The van der Waals surface area contributed by atoms with Gasteiger partial charge in [-0.1, -0.05) is 17.7 Å². The van der Waals surface area contributed by atoms with E-state index in [4.69, 9.17) is 11.6 Å². The van der Waals surface area contributed by atoms with Crippen LogP contribution in [0.3, 0.4) is 0 Å². The summed E-state index contributed by atoms with van der Waals surface area (Å²) < 4.78 is 0.973. The Balaban J connectivity index is 1.85. The molecule has 1 heterocycles. The Hall–Kier alpha value is -0.0900. The van der Waals surface area contributed by atoms with Gasteiger partial charge in [-0.2, -0.15) is 0 Å². The van der Waals surface area contributed by atoms with Gasteiger partial charge >= 0.3 is 0 Å². The summed E-state index contributed by atoms with van der Waals surface area (Å²) in [4.78, 5) is 2.52. The van der Waals surface area contributed by atoms with Crippen LogP contribution < -0.4 is 5.32 Å². The third-order valence-electron chi connectivity index (χ3n) is 3.59. The maximum atomic E-state index is 6.12. The molecule has 0 atom stereocenters. The third-order valence-corrected chi connectivity index (χ3v) is 4.82. The lowest BCUT2D eigenvalue weighted by molar-refractivity contribution is 0.177. The molecule has 1 aromatic rings. The minimum absolute atomic E-state index is 0.803. The van der Waals surface area contributed by atoms with Crippen molar-refractivity contribution >= 4 is 27.5 Å². The molecule has 0 aliphatic carbocycles. The number of piperidine rings is 1. The predicted octanol–water partition coefficient (Wildman–Crippen LogP) is 3.53. The first-order valence-corrected chi connectivity index (χ1v) is 7.67. The number of nitrogens with zero attached hydrogens (tertiary/aromatic N) is 1. The molecule has 0 amide bonds. The van der Waals surface area contributed by atoms with Crippen molar-refractivity contribution in [3.05, 3.63) is 33.3 Å². The van der Waals surface area contributed by atoms with Gasteiger partial charge in [-0.25, -0.2) is 0 Å². The minimum Gasteiger partial charge on any atom is -0.319 e. The van der Waals surface area contributed by atoms with E-state index < -0.39 is 0 Å². The van der Waals surface area contributed by atoms with E-state index in [1.165, 1.54) is 31.5 Å². The van der Waals surface area contributed by atoms with E-state index in [1.807, 2.05) is 13.1 Å². The van der Waals surface area contributed by atoms with Crippen molar-refractivity contribution in [2.75, 3.05) is 26.7 Å². The maximum Gasteiger partial charge on any atom is 0.0551 e. The molecule has 0 aromatic heterocycles. The largest absolute Gasteiger partial charge is 0.319 e. The molecule has 1 fully saturated rings. The highest BCUT2D eigenvalue weighted by Crippen LogP contribution is 2.25. The summed E-state index contributed by atoms with van der Waals surface area (Å²) in [6, 6.07) is 6.24. The number of likely N-dealkylation sites (tertiary alicyclic amines) is 1. The second-order valence-corrected chi connectivity index (χ2v) is 6.29. The Bertz CT molecular complexity index is 389. The van der Waals surface area contributed by atoms with Crippen LogP contribution in [0.5, 0.6) is 0 Å². The topological polar surface area (TPSA) is 15.3 Å². The number of hydrogen-bond acceptors (Lipinski definition) is 2. The molecule has 0 bridgehead atoms. The monoisotopic (exact) mass is 330 g/mol. The third kappa shape index (κ3) is 3.95. The molecule has 0 spiro atoms. The van der Waals surface area contributed by atoms with Crippen LogP contribution in [0.1, 0.15) is 18.4 Å². The molecule has 4 heteroatoms. The summed E-state index contributed by atoms with van der Waals surface area (Å²) in [6.45, 7) is 4.55. The predicted molar refractivity (Wildman–Crippen MR) is 81.1 cm³/mol. The molecule has 1 saturated heterocycles. The molecule has 1 aliphatic heterocycles. The first-order chi connectivity index (χ1) is 8.69. The molecule has 0 radical (unpaired) electrons. The Morgan fingerprint density at radius 1 is 1.39 bits per heavy atom. The van der Waals surface area contributed by atoms with Crippen LogP contribution in [0.2, 0.25) is 5.02 Å². The van der Waals surface area contributed by atoms with Gasteiger partial charge in [0, 0.05) is 11.0 Å². The van der Waals surface area contributed by atoms with Gasteiger partial charge in [0.15, 0.2) is 0 Å². The van der Waals surface area contributed by atoms with E-state index in [0.717, 1.165) is 28.5 Å². The van der Waals surface area contributed by atoms with Crippen LogP contribution in [-0.2, 0) is 6.54 Å². The van der Waals surface area contributed by atoms with Crippen molar-refractivity contribution in [1.82, 2.24) is 10.2 Å². The van der Waals surface area contributed by atoms with Crippen molar-refractivity contribution in [1.29, 1.82) is 0 Å². The lowest BCUT2D eigenvalue weighted by Gasteiger charge is -2.31. The number of nitrogens with one attached hydrogen (secondary N) is 1. The Kier molecular flexibility index (Phi) is 5.49. The van der Waals surface area contributed by atoms with Gasteiger partial charge in [0.1, 0.15) is 0 Å². The van der Waals surface area contributed by atoms with Crippen LogP contribution in [-0.4, -0.2) is 31.6 Å². The van der Waals surface area contributed by atoms with Gasteiger partial charge < -0.3 is 5.32 Å². The van der Waals surface area contributed by atoms with Gasteiger partial charge in [0.2, 0.25) is 0 Å². The molecule has 0 unspecified atom stereocenters. The van der Waals surface area contributed by atoms with Crippen LogP contribution in [0, 0.1) is 5.92 Å². The van der Waals surface area contributed by atoms with E-state index in [2.05, 4.69) is 38.3 Å². The SMILES string of the molecule is CNCC1CCN(Cc2ccc(Br)c(Cl)c2)CC1. The Morgan fingerprint density at radius 2 is 2.11 bits per heavy atom. The summed E-state index contributed by atoms with van der Waals surface area (Å²) in [5, 5.41) is 4.08. The zero-order valence-electron chi connectivity index (χ0n) is 10.8. The molecule has 1 aromatic carbocycles. The number of benzene rings is 1. The average molecular weight is 332 g/mol. The van der Waals surface area contributed by atoms with Crippen LogP contribution in [0.4, 0.5) is 0 Å². The lowest BCUT2D eigenvalue weighted by Crippen LogP contribution is -2.36. The summed E-state index contributed by atoms with van der Waals surface area (Å²) in [5.74, 6) is 0.847. The van der Waals surface area contributed by atoms with Crippen LogP contribution in [0.25, 0.3) is 0 Å². The zero-order valence-corrected chi connectivity index (χ0v) is 13.1. The minimum atomic E-state index is 0.803. The fraction of sp³-hybridized carbons (Fsp3) is 0.571. The van der Waals surface area contributed by atoms with E-state index in [0.29, 0.717) is 0 Å². The number of halogens is 2. The average Bonchev–Trinajstić information content (AvgIpc) is 2.37. The first kappa shape index (κ1) is 14.3. The molecular weight excluding hydrogens is 312 g/mol. The first-order valence-electron chi connectivity index (χ1n) is 6.50. The van der Waals surface area contributed by atoms with Gasteiger partial charge in [-0.15, -0.1) is 0 Å². The summed E-state index contributed by atoms with van der Waals surface area (Å²) in [6.07, 6.45) is 2.59. The summed E-state index contributed by atoms with van der Waals surface area (Å²) in [5.41, 5.74) is 1.30. The smallest absolute Gasteiger partial charge is 0.0551 e. The molecule has 18 heavy (non-hydrogen) atoms. The normalized spacial score (nSPS) is 18.2. The highest BCUT2D eigenvalue weighted by atomic mass is 79.9. The highest BCUT2D eigenvalue weighted by Gasteiger charge is 2.18. The number of hydrogen-bond donors (Lipinski definition) is 1. The zero-order chi connectivity index (χ0) is 13.0. The second kappa shape index (κ2) is 6.90. The Labute approximate surface area is 123 Å². The van der Waals surface area contributed by atoms with Gasteiger partial charge in [0.05, 0.1) is 5.02 Å². The van der Waals surface area contributed by atoms with Gasteiger partial charge in [-0.3, -0.25) is 4.90 Å². The lowest BCUT2D eigenvalue weighted by atomic mass is 9.96. The summed E-state index contributed by atoms with van der Waals surface area (Å²) in [7, 11) is 2.04. The van der Waals surface area contributed by atoms with Crippen molar-refractivity contribution in [3.63, 3.8) is 0 Å². The second-order valence-electron chi connectivity index (χ2n) is 5.03. The van der Waals surface area contributed by atoms with Crippen molar-refractivity contribution in [3.8, 4) is 0 Å². The van der Waals surface area contributed by atoms with Crippen LogP contribution in [0.15, 0.2) is 22.7 Å². The van der Waals surface area contributed by atoms with Crippen molar-refractivity contribution < 1.29 is 0 Å². The van der Waals surface area contributed by atoms with Crippen LogP contribution >= 0.6 is 27.5 Å². The molecule has 2 rings (SSSR count). The quantitative estimate of drug-likeness (QED) is 0.908. The standard InChI is InChI=1S/C14H20BrClN2/c1-17-9-11-4-6-18(7-5-11)10-12-2-3-13(15)14(16)8-12/h2-3,8,11,17H,4-7,9-10H2,1H3. The molecule has 100 valence electrons. The molecule has 2 nitrogen and oxygen atoms in total. The fourth-order valence-electron chi connectivity index (χ4n) is 2.53. The maximum absolute atomic E-state index is 6.12. The molecule has 0 saturated carbocycles. The van der Waals surface area contributed by atoms with Gasteiger partial charge in [0.25, 0.3) is 0 Å². The Morgan fingerprint density at radius 3 is 2.72 bits per heavy atom. The molecule has 1 N–H and O–H groups in total. The van der Waals surface area contributed by atoms with Gasteiger partial charge in [-0.05, 0) is 79.1 Å². The van der Waals surface area contributed by atoms with E-state index in [1.54, 1.807) is 0 Å². The fourth-order valence-corrected chi connectivity index (χ4v) is 2.98. The van der Waals surface area contributed by atoms with E-state index in [9.17, 15) is 0 Å². The van der Waals surface area contributed by atoms with E-state index in [-0.39, 0.29) is 0 Å². The summed E-state index contributed by atoms with van der Waals surface area (Å²) >= 11 is 9.55. The highest BCUT2D eigenvalue weighted by molar-refractivity contribution is 9.10. The molecule has 1 aliphatic rings. The number of rotatable bonds is 4. The van der Waals surface area contributed by atoms with Crippen molar-refractivity contribution in [2.45, 2.75) is 19.4 Å². The van der Waals surface area contributed by atoms with Crippen molar-refractivity contribution in [2.24, 2.45) is 5.92 Å². The van der Waals surface area contributed by atoms with E-state index >= 15 is 0 Å².